The summed E-state index contributed by atoms with van der Waals surface area (Å²) < 4.78 is 12.9. The Balaban J connectivity index is 0. The smallest absolute Gasteiger partial charge is 0.179 e. The predicted molar refractivity (Wildman–Crippen MR) is 72.8 cm³/mol. The zero-order valence-electron chi connectivity index (χ0n) is 12.8. The Hall–Kier alpha value is -0.406. The molecule has 1 nitrogen and oxygen atoms in total. The molecule has 0 saturated heterocycles. The predicted octanol–water partition coefficient (Wildman–Crippen LogP) is 5.00. The minimum atomic E-state index is -0.132. The van der Waals surface area contributed by atoms with E-state index < -0.39 is 0 Å². The Morgan fingerprint density at radius 2 is 1.21 bits per heavy atom. The van der Waals surface area contributed by atoms with Gasteiger partial charge >= 0.3 is 0 Å². The minimum Gasteiger partial charge on any atom is -0.294 e. The van der Waals surface area contributed by atoms with Gasteiger partial charge in [-0.15, -0.1) is 0 Å². The molecule has 19 heavy (non-hydrogen) atoms. The van der Waals surface area contributed by atoms with Crippen LogP contribution in [0.2, 0.25) is 0 Å². The fraction of sp³-hybridized carbons (Fsp3) is 0.600. The van der Waals surface area contributed by atoms with Crippen molar-refractivity contribution in [2.24, 2.45) is 0 Å². The fourth-order valence-corrected chi connectivity index (χ4v) is 1.97. The number of benzene rings is 1. The monoisotopic (exact) mass is 306 g/mol. The van der Waals surface area contributed by atoms with Gasteiger partial charge in [0.25, 0.3) is 0 Å². The first-order valence-corrected chi connectivity index (χ1v) is 6.01. The van der Waals surface area contributed by atoms with Crippen molar-refractivity contribution < 1.29 is 35.9 Å². The molecule has 4 heteroatoms. The number of halogens is 2. The van der Waals surface area contributed by atoms with Gasteiger partial charge in [0.15, 0.2) is 5.75 Å². The van der Waals surface area contributed by atoms with Crippen molar-refractivity contribution in [3.05, 3.63) is 28.8 Å². The van der Waals surface area contributed by atoms with Crippen molar-refractivity contribution in [3.8, 4) is 5.75 Å². The van der Waals surface area contributed by atoms with Crippen molar-refractivity contribution in [1.29, 1.82) is 0 Å². The van der Waals surface area contributed by atoms with Crippen molar-refractivity contribution in [2.75, 3.05) is 0 Å². The van der Waals surface area contributed by atoms with E-state index in [1.807, 2.05) is 19.1 Å². The van der Waals surface area contributed by atoms with E-state index in [9.17, 15) is 4.53 Å². The Labute approximate surface area is 130 Å². The van der Waals surface area contributed by atoms with E-state index >= 15 is 0 Å². The summed E-state index contributed by atoms with van der Waals surface area (Å²) in [5.74, 6) is 0.385. The molecule has 0 fully saturated rings. The zero-order chi connectivity index (χ0) is 13.4. The summed E-state index contributed by atoms with van der Waals surface area (Å²) in [6, 6.07) is 4.01. The second-order valence-corrected chi connectivity index (χ2v) is 6.77. The maximum absolute atomic E-state index is 12.9. The standard InChI is InChI=1S/C15H23FO.FH.Ti/c1-10-8-11(14(2,3)4)13(17-16)12(9-10)15(5,6)7;;/h8-9H,1-7H3;1H;. The van der Waals surface area contributed by atoms with Gasteiger partial charge in [-0.3, -0.25) is 9.65 Å². The van der Waals surface area contributed by atoms with E-state index in [-0.39, 0.29) is 37.3 Å². The van der Waals surface area contributed by atoms with Gasteiger partial charge in [0, 0.05) is 37.4 Å². The van der Waals surface area contributed by atoms with E-state index in [0.29, 0.717) is 5.75 Å². The number of hydrogen-bond acceptors (Lipinski definition) is 1. The van der Waals surface area contributed by atoms with Crippen LogP contribution in [0.1, 0.15) is 58.2 Å². The molecule has 108 valence electrons. The molecule has 0 aliphatic heterocycles. The largest absolute Gasteiger partial charge is 0.294 e. The van der Waals surface area contributed by atoms with E-state index in [1.54, 1.807) is 0 Å². The second-order valence-electron chi connectivity index (χ2n) is 6.77. The van der Waals surface area contributed by atoms with Gasteiger partial charge < -0.3 is 0 Å². The van der Waals surface area contributed by atoms with Crippen LogP contribution in [-0.2, 0) is 32.5 Å². The maximum Gasteiger partial charge on any atom is 0.179 e. The number of hydrogen-bond donors (Lipinski definition) is 0. The molecule has 1 aromatic carbocycles. The van der Waals surface area contributed by atoms with Crippen LogP contribution in [-0.4, -0.2) is 0 Å². The van der Waals surface area contributed by atoms with Gasteiger partial charge in [0.05, 0.1) is 0 Å². The normalized spacial score (nSPS) is 11.4. The molecule has 1 aromatic rings. The van der Waals surface area contributed by atoms with Gasteiger partial charge in [-0.2, -0.15) is 0 Å². The number of rotatable bonds is 1. The molecule has 0 spiro atoms. The van der Waals surface area contributed by atoms with Gasteiger partial charge in [-0.05, 0) is 17.8 Å². The topological polar surface area (TPSA) is 9.23 Å². The first-order chi connectivity index (χ1) is 7.57. The summed E-state index contributed by atoms with van der Waals surface area (Å²) in [4.78, 5) is 4.18. The SMILES string of the molecule is Cc1cc(C(C)(C)C)c(OF)c(C(C)(C)C)c1.F.[Ti]. The quantitative estimate of drug-likeness (QED) is 0.663. The van der Waals surface area contributed by atoms with Crippen LogP contribution >= 0.6 is 0 Å². The molecule has 0 bridgehead atoms. The van der Waals surface area contributed by atoms with Crippen molar-refractivity contribution in [2.45, 2.75) is 59.3 Å². The van der Waals surface area contributed by atoms with Crippen LogP contribution in [0.4, 0.5) is 9.23 Å². The van der Waals surface area contributed by atoms with E-state index in [0.717, 1.165) is 16.7 Å². The first kappa shape index (κ1) is 20.9. The van der Waals surface area contributed by atoms with Crippen LogP contribution in [0, 0.1) is 6.92 Å². The van der Waals surface area contributed by atoms with Crippen molar-refractivity contribution in [1.82, 2.24) is 0 Å². The molecule has 0 atom stereocenters. The summed E-state index contributed by atoms with van der Waals surface area (Å²) in [5.41, 5.74) is 2.72. The van der Waals surface area contributed by atoms with Gasteiger partial charge in [0.2, 0.25) is 0 Å². The van der Waals surface area contributed by atoms with E-state index in [2.05, 4.69) is 46.5 Å². The molecule has 0 heterocycles. The summed E-state index contributed by atoms with van der Waals surface area (Å²) in [7, 11) is 0. The average Bonchev–Trinajstić information content (AvgIpc) is 2.13. The van der Waals surface area contributed by atoms with Crippen molar-refractivity contribution >= 4 is 0 Å². The van der Waals surface area contributed by atoms with Crippen LogP contribution in [0.5, 0.6) is 5.75 Å². The first-order valence-electron chi connectivity index (χ1n) is 6.01. The summed E-state index contributed by atoms with van der Waals surface area (Å²) in [5, 5.41) is 0. The summed E-state index contributed by atoms with van der Waals surface area (Å²) in [6.07, 6.45) is 0. The molecule has 1 rings (SSSR count). The molecule has 0 unspecified atom stereocenters. The van der Waals surface area contributed by atoms with Gasteiger partial charge in [0.1, 0.15) is 0 Å². The summed E-state index contributed by atoms with van der Waals surface area (Å²) in [6.45, 7) is 14.4. The molecule has 0 aliphatic rings. The Bertz CT molecular complexity index is 382. The molecule has 0 aliphatic carbocycles. The third-order valence-corrected chi connectivity index (χ3v) is 2.93. The van der Waals surface area contributed by atoms with Gasteiger partial charge in [-0.1, -0.05) is 59.2 Å². The third-order valence-electron chi connectivity index (χ3n) is 2.93. The molecule has 0 N–H and O–H groups in total. The summed E-state index contributed by atoms with van der Waals surface area (Å²) >= 11 is 0. The van der Waals surface area contributed by atoms with Crippen LogP contribution in [0.25, 0.3) is 0 Å². The van der Waals surface area contributed by atoms with Crippen LogP contribution < -0.4 is 4.94 Å². The number of aryl methyl sites for hydroxylation is 1. The molecule has 0 aromatic heterocycles. The average molecular weight is 306 g/mol. The third kappa shape index (κ3) is 4.89. The maximum atomic E-state index is 12.9. The second kappa shape index (κ2) is 6.85. The molecular formula is C15H24F2OTi. The Morgan fingerprint density at radius 1 is 0.895 bits per heavy atom. The van der Waals surface area contributed by atoms with E-state index in [1.165, 1.54) is 0 Å². The van der Waals surface area contributed by atoms with Crippen LogP contribution in [0.15, 0.2) is 12.1 Å². The molecule has 0 amide bonds. The van der Waals surface area contributed by atoms with Gasteiger partial charge in [-0.25, -0.2) is 0 Å². The fourth-order valence-electron chi connectivity index (χ4n) is 1.97. The molecule has 0 radical (unpaired) electrons. The molecular weight excluding hydrogens is 282 g/mol. The van der Waals surface area contributed by atoms with E-state index in [4.69, 9.17) is 0 Å². The molecule has 0 saturated carbocycles. The minimum absolute atomic E-state index is 0. The Kier molecular flexibility index (Phi) is 7.54. The zero-order valence-corrected chi connectivity index (χ0v) is 14.4. The van der Waals surface area contributed by atoms with Crippen LogP contribution in [0.3, 0.4) is 0 Å². The van der Waals surface area contributed by atoms with Crippen molar-refractivity contribution in [3.63, 3.8) is 0 Å². The Morgan fingerprint density at radius 3 is 1.42 bits per heavy atom.